The maximum absolute atomic E-state index is 5.02. The van der Waals surface area contributed by atoms with Gasteiger partial charge in [-0.3, -0.25) is 4.98 Å². The van der Waals surface area contributed by atoms with Crippen molar-refractivity contribution in [2.45, 2.75) is 9.79 Å². The predicted molar refractivity (Wildman–Crippen MR) is 161 cm³/mol. The largest absolute Gasteiger partial charge is 0.307 e. The summed E-state index contributed by atoms with van der Waals surface area (Å²) in [5.41, 5.74) is 6.96. The van der Waals surface area contributed by atoms with Crippen molar-refractivity contribution in [1.82, 2.24) is 4.98 Å². The Balaban J connectivity index is 1.51. The summed E-state index contributed by atoms with van der Waals surface area (Å²) in [6.45, 7) is 0. The molecule has 3 heteroatoms. The normalized spacial score (nSPS) is 12.6. The number of para-hydroxylation sites is 2. The number of fused-ring (bicyclic) bond motifs is 5. The molecule has 0 aliphatic carbocycles. The molecule has 0 unspecified atom stereocenters. The van der Waals surface area contributed by atoms with Crippen LogP contribution in [-0.2, 0) is 0 Å². The lowest BCUT2D eigenvalue weighted by atomic mass is 9.91. The van der Waals surface area contributed by atoms with E-state index < -0.39 is 0 Å². The smallest absolute Gasteiger partial charge is 0.0807 e. The van der Waals surface area contributed by atoms with Gasteiger partial charge in [-0.2, -0.15) is 0 Å². The molecular formula is C35H22N2S. The van der Waals surface area contributed by atoms with E-state index in [2.05, 4.69) is 132 Å². The topological polar surface area (TPSA) is 16.1 Å². The highest BCUT2D eigenvalue weighted by Gasteiger charge is 2.28. The van der Waals surface area contributed by atoms with Crippen LogP contribution in [0.5, 0.6) is 0 Å². The van der Waals surface area contributed by atoms with Crippen LogP contribution in [0.1, 0.15) is 0 Å². The summed E-state index contributed by atoms with van der Waals surface area (Å²) in [7, 11) is 0. The van der Waals surface area contributed by atoms with Gasteiger partial charge in [0.25, 0.3) is 0 Å². The fourth-order valence-corrected chi connectivity index (χ4v) is 6.86. The Morgan fingerprint density at radius 3 is 1.95 bits per heavy atom. The third-order valence-corrected chi connectivity index (χ3v) is 8.58. The van der Waals surface area contributed by atoms with E-state index in [1.54, 1.807) is 0 Å². The highest BCUT2D eigenvalue weighted by atomic mass is 32.2. The molecule has 0 N–H and O–H groups in total. The Labute approximate surface area is 225 Å². The van der Waals surface area contributed by atoms with Crippen LogP contribution in [-0.4, -0.2) is 4.98 Å². The minimum Gasteiger partial charge on any atom is -0.307 e. The molecule has 1 aliphatic heterocycles. The molecular weight excluding hydrogens is 480 g/mol. The number of nitrogens with zero attached hydrogens (tertiary/aromatic N) is 2. The zero-order valence-electron chi connectivity index (χ0n) is 20.5. The second-order valence-electron chi connectivity index (χ2n) is 9.60. The van der Waals surface area contributed by atoms with Gasteiger partial charge < -0.3 is 4.90 Å². The number of aromatic nitrogens is 1. The SMILES string of the molecule is c1ccc2c(c1)Sc1ccccc1N2c1c2ccccc2c(-c2ccc3ccccc3c2)c2ncccc12. The molecule has 0 atom stereocenters. The summed E-state index contributed by atoms with van der Waals surface area (Å²) < 4.78 is 0. The molecule has 178 valence electrons. The number of anilines is 3. The molecule has 6 aromatic carbocycles. The first kappa shape index (κ1) is 21.5. The van der Waals surface area contributed by atoms with E-state index in [1.807, 2.05) is 18.0 Å². The molecule has 0 saturated heterocycles. The molecule has 1 aromatic heterocycles. The summed E-state index contributed by atoms with van der Waals surface area (Å²) in [6, 6.07) is 45.8. The molecule has 0 spiro atoms. The molecule has 7 aromatic rings. The Bertz CT molecular complexity index is 1920. The highest BCUT2D eigenvalue weighted by molar-refractivity contribution is 7.99. The summed E-state index contributed by atoms with van der Waals surface area (Å²) in [5, 5.41) is 6.04. The third-order valence-electron chi connectivity index (χ3n) is 7.45. The van der Waals surface area contributed by atoms with Crippen molar-refractivity contribution in [2.75, 3.05) is 4.90 Å². The van der Waals surface area contributed by atoms with Crippen molar-refractivity contribution in [3.63, 3.8) is 0 Å². The summed E-state index contributed by atoms with van der Waals surface area (Å²) in [4.78, 5) is 9.98. The maximum Gasteiger partial charge on any atom is 0.0807 e. The van der Waals surface area contributed by atoms with E-state index in [0.717, 1.165) is 10.9 Å². The molecule has 0 fully saturated rings. The van der Waals surface area contributed by atoms with Gasteiger partial charge in [0, 0.05) is 32.3 Å². The average molecular weight is 503 g/mol. The monoisotopic (exact) mass is 502 g/mol. The molecule has 0 radical (unpaired) electrons. The van der Waals surface area contributed by atoms with Crippen LogP contribution in [0.15, 0.2) is 143 Å². The van der Waals surface area contributed by atoms with Gasteiger partial charge in [0.1, 0.15) is 0 Å². The molecule has 0 amide bonds. The average Bonchev–Trinajstić information content (AvgIpc) is 2.98. The van der Waals surface area contributed by atoms with E-state index in [-0.39, 0.29) is 0 Å². The van der Waals surface area contributed by atoms with Crippen LogP contribution in [0, 0.1) is 0 Å². The van der Waals surface area contributed by atoms with Crippen LogP contribution < -0.4 is 4.90 Å². The second kappa shape index (κ2) is 8.47. The van der Waals surface area contributed by atoms with Crippen molar-refractivity contribution >= 4 is 61.3 Å². The first-order chi connectivity index (χ1) is 18.9. The Kier molecular flexibility index (Phi) is 4.79. The zero-order valence-corrected chi connectivity index (χ0v) is 21.3. The maximum atomic E-state index is 5.02. The van der Waals surface area contributed by atoms with Gasteiger partial charge >= 0.3 is 0 Å². The molecule has 0 saturated carbocycles. The zero-order chi connectivity index (χ0) is 25.1. The number of hydrogen-bond acceptors (Lipinski definition) is 3. The molecule has 38 heavy (non-hydrogen) atoms. The Hall–Kier alpha value is -4.60. The number of rotatable bonds is 2. The minimum atomic E-state index is 1.02. The van der Waals surface area contributed by atoms with Gasteiger partial charge in [0.2, 0.25) is 0 Å². The van der Waals surface area contributed by atoms with Gasteiger partial charge in [0.05, 0.1) is 22.6 Å². The Morgan fingerprint density at radius 1 is 0.526 bits per heavy atom. The molecule has 1 aliphatic rings. The number of pyridine rings is 1. The quantitative estimate of drug-likeness (QED) is 0.219. The van der Waals surface area contributed by atoms with Crippen molar-refractivity contribution in [2.24, 2.45) is 0 Å². The van der Waals surface area contributed by atoms with Crippen molar-refractivity contribution < 1.29 is 0 Å². The van der Waals surface area contributed by atoms with Gasteiger partial charge in [0.15, 0.2) is 0 Å². The van der Waals surface area contributed by atoms with Crippen molar-refractivity contribution in [3.8, 4) is 11.1 Å². The Morgan fingerprint density at radius 2 is 1.16 bits per heavy atom. The van der Waals surface area contributed by atoms with Crippen LogP contribution >= 0.6 is 11.8 Å². The first-order valence-corrected chi connectivity index (χ1v) is 13.6. The highest BCUT2D eigenvalue weighted by Crippen LogP contribution is 2.55. The predicted octanol–water partition coefficient (Wildman–Crippen LogP) is 10.1. The fourth-order valence-electron chi connectivity index (χ4n) is 5.80. The molecule has 8 rings (SSSR count). The van der Waals surface area contributed by atoms with E-state index >= 15 is 0 Å². The van der Waals surface area contributed by atoms with Crippen LogP contribution in [0.4, 0.5) is 17.1 Å². The third kappa shape index (κ3) is 3.19. The first-order valence-electron chi connectivity index (χ1n) is 12.8. The van der Waals surface area contributed by atoms with E-state index in [4.69, 9.17) is 4.98 Å². The fraction of sp³-hybridized carbons (Fsp3) is 0. The van der Waals surface area contributed by atoms with E-state index in [0.29, 0.717) is 0 Å². The lowest BCUT2D eigenvalue weighted by Gasteiger charge is -2.34. The molecule has 0 bridgehead atoms. The van der Waals surface area contributed by atoms with E-state index in [9.17, 15) is 0 Å². The molecule has 2 nitrogen and oxygen atoms in total. The lowest BCUT2D eigenvalue weighted by molar-refractivity contribution is 1.18. The summed E-state index contributed by atoms with van der Waals surface area (Å²) in [5.74, 6) is 0. The molecule has 2 heterocycles. The van der Waals surface area contributed by atoms with Crippen LogP contribution in [0.3, 0.4) is 0 Å². The van der Waals surface area contributed by atoms with Crippen LogP contribution in [0.2, 0.25) is 0 Å². The number of benzene rings is 6. The minimum absolute atomic E-state index is 1.02. The summed E-state index contributed by atoms with van der Waals surface area (Å²) in [6.07, 6.45) is 1.92. The second-order valence-corrected chi connectivity index (χ2v) is 10.7. The van der Waals surface area contributed by atoms with Crippen LogP contribution in [0.25, 0.3) is 43.6 Å². The standard InChI is InChI=1S/C35H22N2S/c1-2-11-24-22-25(20-19-23(24)10-1)33-26-12-3-4-13-27(26)35(28-14-9-21-36-34(28)33)37-29-15-5-7-17-31(29)38-32-18-8-6-16-30(32)37/h1-22H. The summed E-state index contributed by atoms with van der Waals surface area (Å²) >= 11 is 1.84. The van der Waals surface area contributed by atoms with Crippen molar-refractivity contribution in [1.29, 1.82) is 0 Å². The van der Waals surface area contributed by atoms with Gasteiger partial charge in [-0.1, -0.05) is 96.7 Å². The van der Waals surface area contributed by atoms with Crippen molar-refractivity contribution in [3.05, 3.63) is 134 Å². The lowest BCUT2D eigenvalue weighted by Crippen LogP contribution is -2.15. The van der Waals surface area contributed by atoms with E-state index in [1.165, 1.54) is 59.5 Å². The number of hydrogen-bond donors (Lipinski definition) is 0. The van der Waals surface area contributed by atoms with Gasteiger partial charge in [-0.25, -0.2) is 0 Å². The van der Waals surface area contributed by atoms with Gasteiger partial charge in [-0.15, -0.1) is 0 Å². The van der Waals surface area contributed by atoms with Gasteiger partial charge in [-0.05, 0) is 64.2 Å².